The van der Waals surface area contributed by atoms with Gasteiger partial charge in [0.15, 0.2) is 6.61 Å². The van der Waals surface area contributed by atoms with Gasteiger partial charge in [-0.05, 0) is 19.9 Å². The molecule has 0 fully saturated rings. The van der Waals surface area contributed by atoms with Gasteiger partial charge >= 0.3 is 5.97 Å². The van der Waals surface area contributed by atoms with Gasteiger partial charge < -0.3 is 15.8 Å². The average molecular weight is 240 g/mol. The Hall–Kier alpha value is -2.05. The SMILES string of the molecule is CC(C)NC(=O)COC(=O)Cn1ccc(N)n1. The van der Waals surface area contributed by atoms with Gasteiger partial charge in [0, 0.05) is 12.2 Å². The fourth-order valence-corrected chi connectivity index (χ4v) is 1.15. The number of hydrogen-bond acceptors (Lipinski definition) is 5. The lowest BCUT2D eigenvalue weighted by Crippen LogP contribution is -2.34. The molecule has 0 atom stereocenters. The largest absolute Gasteiger partial charge is 0.454 e. The van der Waals surface area contributed by atoms with Gasteiger partial charge in [-0.3, -0.25) is 14.3 Å². The van der Waals surface area contributed by atoms with Crippen LogP contribution in [-0.2, 0) is 20.9 Å². The fourth-order valence-electron chi connectivity index (χ4n) is 1.15. The standard InChI is InChI=1S/C10H16N4O3/c1-7(2)12-9(15)6-17-10(16)5-14-4-3-8(11)13-14/h3-4,7H,5-6H2,1-2H3,(H2,11,13)(H,12,15). The summed E-state index contributed by atoms with van der Waals surface area (Å²) in [6, 6.07) is 1.59. The van der Waals surface area contributed by atoms with E-state index in [1.54, 1.807) is 12.3 Å². The second-order valence-corrected chi connectivity index (χ2v) is 3.82. The number of nitrogen functional groups attached to an aromatic ring is 1. The number of nitrogens with two attached hydrogens (primary N) is 1. The summed E-state index contributed by atoms with van der Waals surface area (Å²) < 4.78 is 6.11. The zero-order chi connectivity index (χ0) is 12.8. The molecule has 94 valence electrons. The normalized spacial score (nSPS) is 10.3. The molecule has 1 heterocycles. The maximum Gasteiger partial charge on any atom is 0.328 e. The highest BCUT2D eigenvalue weighted by Crippen LogP contribution is 1.96. The minimum atomic E-state index is -0.535. The van der Waals surface area contributed by atoms with Crippen LogP contribution in [0.3, 0.4) is 0 Å². The number of hydrogen-bond donors (Lipinski definition) is 2. The van der Waals surface area contributed by atoms with Gasteiger partial charge in [-0.1, -0.05) is 0 Å². The zero-order valence-electron chi connectivity index (χ0n) is 9.84. The predicted molar refractivity (Wildman–Crippen MR) is 60.9 cm³/mol. The van der Waals surface area contributed by atoms with Crippen molar-refractivity contribution < 1.29 is 14.3 Å². The third kappa shape index (κ3) is 5.01. The predicted octanol–water partition coefficient (Wildman–Crippen LogP) is -0.467. The van der Waals surface area contributed by atoms with E-state index in [0.29, 0.717) is 5.82 Å². The Kier molecular flexibility index (Phi) is 4.50. The zero-order valence-corrected chi connectivity index (χ0v) is 9.84. The molecular weight excluding hydrogens is 224 g/mol. The number of ether oxygens (including phenoxy) is 1. The molecule has 0 saturated heterocycles. The molecule has 0 aliphatic heterocycles. The molecule has 17 heavy (non-hydrogen) atoms. The molecule has 1 rings (SSSR count). The Morgan fingerprint density at radius 3 is 2.82 bits per heavy atom. The maximum absolute atomic E-state index is 11.3. The van der Waals surface area contributed by atoms with E-state index < -0.39 is 5.97 Å². The first-order valence-electron chi connectivity index (χ1n) is 5.21. The highest BCUT2D eigenvalue weighted by Gasteiger charge is 2.09. The van der Waals surface area contributed by atoms with Crippen LogP contribution < -0.4 is 11.1 Å². The quantitative estimate of drug-likeness (QED) is 0.678. The molecule has 0 aliphatic carbocycles. The molecule has 7 nitrogen and oxygen atoms in total. The second-order valence-electron chi connectivity index (χ2n) is 3.82. The van der Waals surface area contributed by atoms with Gasteiger partial charge in [0.05, 0.1) is 0 Å². The number of nitrogens with zero attached hydrogens (tertiary/aromatic N) is 2. The number of amides is 1. The van der Waals surface area contributed by atoms with Gasteiger partial charge in [-0.2, -0.15) is 5.10 Å². The van der Waals surface area contributed by atoms with Crippen molar-refractivity contribution in [1.82, 2.24) is 15.1 Å². The molecule has 0 aliphatic rings. The highest BCUT2D eigenvalue weighted by atomic mass is 16.5. The third-order valence-corrected chi connectivity index (χ3v) is 1.77. The maximum atomic E-state index is 11.3. The van der Waals surface area contributed by atoms with E-state index in [0.717, 1.165) is 0 Å². The molecule has 1 amide bonds. The Morgan fingerprint density at radius 1 is 1.59 bits per heavy atom. The Morgan fingerprint density at radius 2 is 2.29 bits per heavy atom. The van der Waals surface area contributed by atoms with Crippen molar-refractivity contribution in [2.75, 3.05) is 12.3 Å². The minimum Gasteiger partial charge on any atom is -0.454 e. The van der Waals surface area contributed by atoms with Crippen LogP contribution in [0.25, 0.3) is 0 Å². The summed E-state index contributed by atoms with van der Waals surface area (Å²) in [5.41, 5.74) is 5.38. The van der Waals surface area contributed by atoms with Gasteiger partial charge in [0.25, 0.3) is 5.91 Å². The molecule has 1 aromatic rings. The molecule has 1 aromatic heterocycles. The molecule has 0 radical (unpaired) electrons. The van der Waals surface area contributed by atoms with E-state index in [1.807, 2.05) is 13.8 Å². The van der Waals surface area contributed by atoms with Crippen LogP contribution in [0.2, 0.25) is 0 Å². The first-order valence-corrected chi connectivity index (χ1v) is 5.21. The van der Waals surface area contributed by atoms with E-state index >= 15 is 0 Å². The van der Waals surface area contributed by atoms with Crippen molar-refractivity contribution >= 4 is 17.7 Å². The van der Waals surface area contributed by atoms with Crippen molar-refractivity contribution in [2.24, 2.45) is 0 Å². The molecule has 0 saturated carbocycles. The number of anilines is 1. The van der Waals surface area contributed by atoms with Crippen molar-refractivity contribution in [3.05, 3.63) is 12.3 Å². The molecule has 0 bridgehead atoms. The lowest BCUT2D eigenvalue weighted by molar-refractivity contribution is -0.149. The van der Waals surface area contributed by atoms with Crippen molar-refractivity contribution in [2.45, 2.75) is 26.4 Å². The smallest absolute Gasteiger partial charge is 0.328 e. The van der Waals surface area contributed by atoms with Crippen LogP contribution in [0.4, 0.5) is 5.82 Å². The van der Waals surface area contributed by atoms with Crippen LogP contribution in [0.5, 0.6) is 0 Å². The number of nitrogens with one attached hydrogen (secondary N) is 1. The molecule has 3 N–H and O–H groups in total. The summed E-state index contributed by atoms with van der Waals surface area (Å²) in [4.78, 5) is 22.5. The lowest BCUT2D eigenvalue weighted by atomic mass is 10.4. The summed E-state index contributed by atoms with van der Waals surface area (Å²) in [6.45, 7) is 3.30. The van der Waals surface area contributed by atoms with Crippen LogP contribution in [0.15, 0.2) is 12.3 Å². The number of carbonyl (C=O) groups excluding carboxylic acids is 2. The van der Waals surface area contributed by atoms with E-state index in [2.05, 4.69) is 10.4 Å². The first kappa shape index (κ1) is 13.0. The van der Waals surface area contributed by atoms with Gasteiger partial charge in [-0.15, -0.1) is 0 Å². The summed E-state index contributed by atoms with van der Waals surface area (Å²) in [7, 11) is 0. The van der Waals surface area contributed by atoms with Gasteiger partial charge in [0.2, 0.25) is 0 Å². The Bertz CT molecular complexity index is 400. The summed E-state index contributed by atoms with van der Waals surface area (Å²) in [5.74, 6) is -0.532. The second kappa shape index (κ2) is 5.88. The first-order chi connectivity index (χ1) is 7.97. The molecule has 0 unspecified atom stereocenters. The monoisotopic (exact) mass is 240 g/mol. The molecule has 0 aromatic carbocycles. The molecule has 0 spiro atoms. The van der Waals surface area contributed by atoms with Crippen molar-refractivity contribution in [1.29, 1.82) is 0 Å². The number of rotatable bonds is 5. The van der Waals surface area contributed by atoms with Crippen LogP contribution >= 0.6 is 0 Å². The summed E-state index contributed by atoms with van der Waals surface area (Å²) in [5, 5.41) is 6.43. The van der Waals surface area contributed by atoms with Gasteiger partial charge in [0.1, 0.15) is 12.4 Å². The Balaban J connectivity index is 2.28. The lowest BCUT2D eigenvalue weighted by Gasteiger charge is -2.08. The van der Waals surface area contributed by atoms with E-state index in [1.165, 1.54) is 4.68 Å². The van der Waals surface area contributed by atoms with Crippen molar-refractivity contribution in [3.63, 3.8) is 0 Å². The number of esters is 1. The van der Waals surface area contributed by atoms with E-state index in [9.17, 15) is 9.59 Å². The summed E-state index contributed by atoms with van der Waals surface area (Å²) >= 11 is 0. The van der Waals surface area contributed by atoms with Crippen LogP contribution in [0, 0.1) is 0 Å². The fraction of sp³-hybridized carbons (Fsp3) is 0.500. The van der Waals surface area contributed by atoms with Crippen LogP contribution in [0.1, 0.15) is 13.8 Å². The minimum absolute atomic E-state index is 0.0205. The highest BCUT2D eigenvalue weighted by molar-refractivity contribution is 5.80. The van der Waals surface area contributed by atoms with E-state index in [4.69, 9.17) is 10.5 Å². The van der Waals surface area contributed by atoms with Crippen LogP contribution in [-0.4, -0.2) is 34.3 Å². The van der Waals surface area contributed by atoms with Crippen molar-refractivity contribution in [3.8, 4) is 0 Å². The topological polar surface area (TPSA) is 99.2 Å². The molecular formula is C10H16N4O3. The number of carbonyl (C=O) groups is 2. The summed E-state index contributed by atoms with van der Waals surface area (Å²) in [6.07, 6.45) is 1.56. The average Bonchev–Trinajstić information content (AvgIpc) is 2.60. The third-order valence-electron chi connectivity index (χ3n) is 1.77. The number of aromatic nitrogens is 2. The van der Waals surface area contributed by atoms with Gasteiger partial charge in [-0.25, -0.2) is 0 Å². The molecule has 7 heteroatoms. The Labute approximate surface area is 98.9 Å². The van der Waals surface area contributed by atoms with E-state index in [-0.39, 0.29) is 25.1 Å².